The van der Waals surface area contributed by atoms with Crippen LogP contribution in [0.1, 0.15) is 21.5 Å². The predicted octanol–water partition coefficient (Wildman–Crippen LogP) is 4.67. The average Bonchev–Trinajstić information content (AvgIpc) is 2.66. The molecule has 0 aliphatic carbocycles. The van der Waals surface area contributed by atoms with Crippen molar-refractivity contribution in [2.75, 3.05) is 21.6 Å². The topological polar surface area (TPSA) is 87.3 Å². The quantitative estimate of drug-likeness (QED) is 0.552. The van der Waals surface area contributed by atoms with E-state index in [2.05, 4.69) is 15.4 Å². The monoisotopic (exact) mass is 409 g/mol. The Morgan fingerprint density at radius 2 is 1.41 bits per heavy atom. The molecule has 0 aliphatic rings. The third-order valence-electron chi connectivity index (χ3n) is 4.49. The summed E-state index contributed by atoms with van der Waals surface area (Å²) in [6.07, 6.45) is 1.09. The highest BCUT2D eigenvalue weighted by Crippen LogP contribution is 2.26. The predicted molar refractivity (Wildman–Crippen MR) is 119 cm³/mol. The Morgan fingerprint density at radius 1 is 0.793 bits per heavy atom. The van der Waals surface area contributed by atoms with Crippen molar-refractivity contribution in [2.45, 2.75) is 13.8 Å². The van der Waals surface area contributed by atoms with Gasteiger partial charge in [-0.1, -0.05) is 24.3 Å². The number of hydrogen-bond acceptors (Lipinski definition) is 4. The lowest BCUT2D eigenvalue weighted by molar-refractivity contribution is 0.102. The molecule has 0 atom stereocenters. The molecule has 3 rings (SSSR count). The average molecular weight is 410 g/mol. The first-order valence-electron chi connectivity index (χ1n) is 9.04. The van der Waals surface area contributed by atoms with Crippen LogP contribution in [0, 0.1) is 13.8 Å². The number of carbonyl (C=O) groups excluding carboxylic acids is 1. The van der Waals surface area contributed by atoms with Crippen LogP contribution in [0.3, 0.4) is 0 Å². The molecule has 150 valence electrons. The number of amides is 1. The molecule has 0 radical (unpaired) electrons. The maximum atomic E-state index is 12.8. The van der Waals surface area contributed by atoms with Gasteiger partial charge in [-0.3, -0.25) is 9.52 Å². The summed E-state index contributed by atoms with van der Waals surface area (Å²) in [7, 11) is -3.34. The van der Waals surface area contributed by atoms with Gasteiger partial charge < -0.3 is 10.6 Å². The van der Waals surface area contributed by atoms with Crippen LogP contribution in [0.2, 0.25) is 0 Å². The van der Waals surface area contributed by atoms with Crippen molar-refractivity contribution < 1.29 is 13.2 Å². The number of aryl methyl sites for hydroxylation is 1. The van der Waals surface area contributed by atoms with E-state index in [0.717, 1.165) is 17.5 Å². The number of nitrogens with one attached hydrogen (secondary N) is 3. The highest BCUT2D eigenvalue weighted by molar-refractivity contribution is 7.92. The summed E-state index contributed by atoms with van der Waals surface area (Å²) < 4.78 is 25.0. The molecule has 0 bridgehead atoms. The highest BCUT2D eigenvalue weighted by atomic mass is 32.2. The number of para-hydroxylation sites is 1. The first-order valence-corrected chi connectivity index (χ1v) is 10.9. The first kappa shape index (κ1) is 20.4. The van der Waals surface area contributed by atoms with Gasteiger partial charge in [0.1, 0.15) is 0 Å². The fraction of sp³-hybridized carbons (Fsp3) is 0.136. The number of hydrogen-bond donors (Lipinski definition) is 3. The van der Waals surface area contributed by atoms with Crippen LogP contribution in [0.5, 0.6) is 0 Å². The lowest BCUT2D eigenvalue weighted by Crippen LogP contribution is -2.14. The van der Waals surface area contributed by atoms with Gasteiger partial charge >= 0.3 is 0 Å². The maximum Gasteiger partial charge on any atom is 0.257 e. The number of sulfonamides is 1. The molecule has 1 amide bonds. The normalized spacial score (nSPS) is 11.0. The van der Waals surface area contributed by atoms with Crippen LogP contribution in [-0.4, -0.2) is 20.6 Å². The molecule has 0 aromatic heterocycles. The van der Waals surface area contributed by atoms with Gasteiger partial charge in [0.25, 0.3) is 5.91 Å². The van der Waals surface area contributed by atoms with E-state index >= 15 is 0 Å². The molecule has 0 fully saturated rings. The molecule has 0 saturated heterocycles. The highest BCUT2D eigenvalue weighted by Gasteiger charge is 2.13. The second-order valence-electron chi connectivity index (χ2n) is 6.82. The lowest BCUT2D eigenvalue weighted by atomic mass is 10.1. The van der Waals surface area contributed by atoms with Crippen molar-refractivity contribution in [2.24, 2.45) is 0 Å². The summed E-state index contributed by atoms with van der Waals surface area (Å²) in [5.74, 6) is -0.262. The van der Waals surface area contributed by atoms with Gasteiger partial charge in [0.05, 0.1) is 17.5 Å². The van der Waals surface area contributed by atoms with Crippen LogP contribution in [0.4, 0.5) is 22.7 Å². The van der Waals surface area contributed by atoms with E-state index in [1.165, 1.54) is 5.56 Å². The van der Waals surface area contributed by atoms with E-state index in [-0.39, 0.29) is 5.91 Å². The number of carbonyl (C=O) groups is 1. The first-order chi connectivity index (χ1) is 13.7. The Bertz CT molecular complexity index is 1140. The minimum absolute atomic E-state index is 0.262. The third kappa shape index (κ3) is 5.36. The third-order valence-corrected chi connectivity index (χ3v) is 5.10. The van der Waals surface area contributed by atoms with E-state index < -0.39 is 10.0 Å². The Balaban J connectivity index is 1.79. The summed E-state index contributed by atoms with van der Waals surface area (Å²) in [6, 6.07) is 19.8. The molecule has 3 aromatic rings. The van der Waals surface area contributed by atoms with E-state index in [9.17, 15) is 13.2 Å². The van der Waals surface area contributed by atoms with E-state index in [1.54, 1.807) is 30.3 Å². The van der Waals surface area contributed by atoms with Gasteiger partial charge in [0.2, 0.25) is 10.0 Å². The standard InChI is InChI=1S/C22H23N3O3S/c1-15-7-6-10-20(16(15)2)24-21-9-5-4-8-19(21)22(26)23-17-11-13-18(14-12-17)25-29(3,27)28/h4-14,24-25H,1-3H3,(H,23,26). The Kier molecular flexibility index (Phi) is 5.89. The zero-order chi connectivity index (χ0) is 21.0. The maximum absolute atomic E-state index is 12.8. The molecule has 7 heteroatoms. The van der Waals surface area contributed by atoms with E-state index in [1.807, 2.05) is 50.2 Å². The van der Waals surface area contributed by atoms with Crippen molar-refractivity contribution in [1.82, 2.24) is 0 Å². The van der Waals surface area contributed by atoms with Gasteiger partial charge in [0.15, 0.2) is 0 Å². The SMILES string of the molecule is Cc1cccc(Nc2ccccc2C(=O)Nc2ccc(NS(C)(=O)=O)cc2)c1C. The largest absolute Gasteiger partial charge is 0.355 e. The minimum Gasteiger partial charge on any atom is -0.355 e. The van der Waals surface area contributed by atoms with Gasteiger partial charge in [-0.25, -0.2) is 8.42 Å². The summed E-state index contributed by atoms with van der Waals surface area (Å²) in [4.78, 5) is 12.8. The summed E-state index contributed by atoms with van der Waals surface area (Å²) in [6.45, 7) is 4.08. The number of benzene rings is 3. The van der Waals surface area contributed by atoms with Crippen molar-refractivity contribution >= 4 is 38.7 Å². The molecule has 3 N–H and O–H groups in total. The zero-order valence-electron chi connectivity index (χ0n) is 16.5. The van der Waals surface area contributed by atoms with Crippen molar-refractivity contribution in [3.63, 3.8) is 0 Å². The molecule has 0 aliphatic heterocycles. The van der Waals surface area contributed by atoms with Gasteiger partial charge in [-0.05, 0) is 67.4 Å². The molecule has 29 heavy (non-hydrogen) atoms. The summed E-state index contributed by atoms with van der Waals surface area (Å²) in [5, 5.41) is 6.19. The van der Waals surface area contributed by atoms with E-state index in [0.29, 0.717) is 22.6 Å². The molecule has 6 nitrogen and oxygen atoms in total. The lowest BCUT2D eigenvalue weighted by Gasteiger charge is -2.15. The van der Waals surface area contributed by atoms with Gasteiger partial charge in [-0.15, -0.1) is 0 Å². The van der Waals surface area contributed by atoms with Crippen molar-refractivity contribution in [3.05, 3.63) is 83.4 Å². The van der Waals surface area contributed by atoms with Crippen LogP contribution < -0.4 is 15.4 Å². The molecular formula is C22H23N3O3S. The van der Waals surface area contributed by atoms with Crippen LogP contribution in [0.25, 0.3) is 0 Å². The Labute approximate surface area is 171 Å². The van der Waals surface area contributed by atoms with Gasteiger partial charge in [0, 0.05) is 17.1 Å². The van der Waals surface area contributed by atoms with Crippen molar-refractivity contribution in [1.29, 1.82) is 0 Å². The van der Waals surface area contributed by atoms with Crippen molar-refractivity contribution in [3.8, 4) is 0 Å². The molecule has 0 heterocycles. The fourth-order valence-corrected chi connectivity index (χ4v) is 3.42. The number of rotatable bonds is 6. The summed E-state index contributed by atoms with van der Waals surface area (Å²) >= 11 is 0. The Hall–Kier alpha value is -3.32. The molecule has 0 spiro atoms. The fourth-order valence-electron chi connectivity index (χ4n) is 2.86. The van der Waals surface area contributed by atoms with Crippen LogP contribution in [-0.2, 0) is 10.0 Å². The smallest absolute Gasteiger partial charge is 0.257 e. The van der Waals surface area contributed by atoms with E-state index in [4.69, 9.17) is 0 Å². The van der Waals surface area contributed by atoms with Crippen LogP contribution >= 0.6 is 0 Å². The second kappa shape index (κ2) is 8.36. The Morgan fingerprint density at radius 3 is 2.10 bits per heavy atom. The molecular weight excluding hydrogens is 386 g/mol. The van der Waals surface area contributed by atoms with Gasteiger partial charge in [-0.2, -0.15) is 0 Å². The number of anilines is 4. The molecule has 3 aromatic carbocycles. The minimum atomic E-state index is -3.34. The zero-order valence-corrected chi connectivity index (χ0v) is 17.3. The second-order valence-corrected chi connectivity index (χ2v) is 8.57. The summed E-state index contributed by atoms with van der Waals surface area (Å²) in [5.41, 5.74) is 5.44. The van der Waals surface area contributed by atoms with Crippen LogP contribution in [0.15, 0.2) is 66.7 Å². The molecule has 0 saturated carbocycles. The molecule has 0 unspecified atom stereocenters.